The summed E-state index contributed by atoms with van der Waals surface area (Å²) in [6, 6.07) is 7.69. The van der Waals surface area contributed by atoms with E-state index in [1.807, 2.05) is 32.0 Å². The van der Waals surface area contributed by atoms with Crippen molar-refractivity contribution in [1.82, 2.24) is 4.98 Å². The minimum absolute atomic E-state index is 0.0777. The lowest BCUT2D eigenvalue weighted by Crippen LogP contribution is -2.08. The zero-order valence-corrected chi connectivity index (χ0v) is 21.6. The van der Waals surface area contributed by atoms with E-state index in [9.17, 15) is 4.79 Å². The van der Waals surface area contributed by atoms with Gasteiger partial charge in [0.15, 0.2) is 5.43 Å². The van der Waals surface area contributed by atoms with Crippen molar-refractivity contribution in [2.45, 2.75) is 67.2 Å². The van der Waals surface area contributed by atoms with Crippen LogP contribution in [0.25, 0.3) is 20.8 Å². The minimum atomic E-state index is 0.0777. The SMILES string of the molecule is CC(C)=CCC/C(C)=C/CC/C(C)=C/COc1ccc2sc3c(C)c(=O)cc(C)c-3nc2c1. The van der Waals surface area contributed by atoms with E-state index in [0.717, 1.165) is 63.3 Å². The van der Waals surface area contributed by atoms with Gasteiger partial charge in [0, 0.05) is 11.6 Å². The van der Waals surface area contributed by atoms with Crippen LogP contribution in [0.4, 0.5) is 0 Å². The highest BCUT2D eigenvalue weighted by Crippen LogP contribution is 2.35. The average molecular weight is 462 g/mol. The number of ether oxygens (including phenoxy) is 1. The highest BCUT2D eigenvalue weighted by Gasteiger charge is 2.15. The lowest BCUT2D eigenvalue weighted by Gasteiger charge is -2.12. The molecule has 0 saturated heterocycles. The number of hydrogen-bond donors (Lipinski definition) is 0. The van der Waals surface area contributed by atoms with Crippen LogP contribution in [0.2, 0.25) is 0 Å². The molecule has 0 atom stereocenters. The lowest BCUT2D eigenvalue weighted by molar-refractivity contribution is 0.362. The molecule has 0 radical (unpaired) electrons. The Morgan fingerprint density at radius 3 is 2.39 bits per heavy atom. The van der Waals surface area contributed by atoms with Gasteiger partial charge in [0.2, 0.25) is 0 Å². The van der Waals surface area contributed by atoms with E-state index in [2.05, 4.69) is 45.9 Å². The first-order valence-electron chi connectivity index (χ1n) is 11.7. The van der Waals surface area contributed by atoms with Gasteiger partial charge in [-0.2, -0.15) is 0 Å². The Kier molecular flexibility index (Phi) is 8.62. The summed E-state index contributed by atoms with van der Waals surface area (Å²) in [4.78, 5) is 17.9. The number of aromatic nitrogens is 1. The largest absolute Gasteiger partial charge is 0.489 e. The van der Waals surface area contributed by atoms with Crippen LogP contribution in [0, 0.1) is 13.8 Å². The van der Waals surface area contributed by atoms with Crippen LogP contribution in [0.1, 0.15) is 64.5 Å². The van der Waals surface area contributed by atoms with Crippen LogP contribution in [0.5, 0.6) is 5.75 Å². The van der Waals surface area contributed by atoms with Crippen molar-refractivity contribution in [1.29, 1.82) is 0 Å². The van der Waals surface area contributed by atoms with Crippen LogP contribution in [-0.2, 0) is 0 Å². The van der Waals surface area contributed by atoms with E-state index in [4.69, 9.17) is 9.72 Å². The number of aryl methyl sites for hydroxylation is 1. The van der Waals surface area contributed by atoms with Gasteiger partial charge in [-0.3, -0.25) is 4.79 Å². The standard InChI is InChI=1S/C29H35NO2S/c1-19(2)9-7-10-20(3)11-8-12-21(4)15-16-32-24-13-14-27-25(18-24)30-28-22(5)17-26(31)23(6)29(28)33-27/h9,11,13-15,17-18H,7-8,10,12,16H2,1-6H3/b20-11+,21-15+. The van der Waals surface area contributed by atoms with Crippen molar-refractivity contribution in [3.8, 4) is 16.3 Å². The van der Waals surface area contributed by atoms with Gasteiger partial charge in [-0.1, -0.05) is 28.9 Å². The number of allylic oxidation sites excluding steroid dienone is 5. The summed E-state index contributed by atoms with van der Waals surface area (Å²) in [6.45, 7) is 13.1. The molecule has 0 bridgehead atoms. The van der Waals surface area contributed by atoms with Crippen LogP contribution in [0.3, 0.4) is 0 Å². The molecular formula is C29H35NO2S. The van der Waals surface area contributed by atoms with E-state index < -0.39 is 0 Å². The smallest absolute Gasteiger partial charge is 0.183 e. The maximum absolute atomic E-state index is 12.1. The first-order valence-corrected chi connectivity index (χ1v) is 12.5. The lowest BCUT2D eigenvalue weighted by atomic mass is 10.1. The average Bonchev–Trinajstić information content (AvgIpc) is 2.76. The third kappa shape index (κ3) is 6.88. The molecule has 174 valence electrons. The fourth-order valence-electron chi connectivity index (χ4n) is 3.72. The van der Waals surface area contributed by atoms with Crippen LogP contribution < -0.4 is 10.2 Å². The number of nitrogens with zero attached hydrogens (tertiary/aromatic N) is 1. The van der Waals surface area contributed by atoms with Crippen molar-refractivity contribution in [3.63, 3.8) is 0 Å². The van der Waals surface area contributed by atoms with Gasteiger partial charge in [-0.05, 0) is 97.1 Å². The zero-order chi connectivity index (χ0) is 24.0. The molecule has 3 nitrogen and oxygen atoms in total. The molecule has 3 rings (SSSR count). The third-order valence-corrected chi connectivity index (χ3v) is 7.09. The second kappa shape index (κ2) is 11.4. The third-order valence-electron chi connectivity index (χ3n) is 5.83. The molecule has 0 N–H and O–H groups in total. The number of hydrogen-bond acceptors (Lipinski definition) is 4. The molecule has 1 aliphatic carbocycles. The normalized spacial score (nSPS) is 12.4. The molecule has 0 spiro atoms. The Balaban J connectivity index is 1.60. The molecule has 1 heterocycles. The Labute approximate surface area is 201 Å². The van der Waals surface area contributed by atoms with E-state index in [1.54, 1.807) is 17.4 Å². The van der Waals surface area contributed by atoms with Crippen LogP contribution >= 0.6 is 11.3 Å². The molecule has 0 fully saturated rings. The molecule has 2 aliphatic rings. The molecule has 33 heavy (non-hydrogen) atoms. The van der Waals surface area contributed by atoms with Gasteiger partial charge in [-0.25, -0.2) is 4.98 Å². The Hall–Kier alpha value is -2.72. The summed E-state index contributed by atoms with van der Waals surface area (Å²) >= 11 is 1.62. The van der Waals surface area contributed by atoms with Crippen molar-refractivity contribution >= 4 is 21.6 Å². The second-order valence-electron chi connectivity index (χ2n) is 9.11. The van der Waals surface area contributed by atoms with Crippen molar-refractivity contribution in [2.24, 2.45) is 0 Å². The van der Waals surface area contributed by atoms with Gasteiger partial charge in [0.1, 0.15) is 12.4 Å². The predicted molar refractivity (Wildman–Crippen MR) is 143 cm³/mol. The maximum atomic E-state index is 12.1. The minimum Gasteiger partial charge on any atom is -0.489 e. The monoisotopic (exact) mass is 461 g/mol. The maximum Gasteiger partial charge on any atom is 0.183 e. The first-order chi connectivity index (χ1) is 15.7. The van der Waals surface area contributed by atoms with E-state index in [1.165, 1.54) is 16.7 Å². The summed E-state index contributed by atoms with van der Waals surface area (Å²) in [5, 5.41) is 0. The highest BCUT2D eigenvalue weighted by molar-refractivity contribution is 7.21. The highest BCUT2D eigenvalue weighted by atomic mass is 32.1. The Bertz CT molecular complexity index is 1240. The van der Waals surface area contributed by atoms with Crippen molar-refractivity contribution in [2.75, 3.05) is 6.61 Å². The molecule has 0 aromatic heterocycles. The number of fused-ring (bicyclic) bond motifs is 2. The van der Waals surface area contributed by atoms with Gasteiger partial charge < -0.3 is 4.74 Å². The van der Waals surface area contributed by atoms with E-state index in [0.29, 0.717) is 6.61 Å². The van der Waals surface area contributed by atoms with Crippen molar-refractivity contribution < 1.29 is 4.74 Å². The summed E-state index contributed by atoms with van der Waals surface area (Å²) in [5.74, 6) is 0.815. The van der Waals surface area contributed by atoms with Crippen LogP contribution in [-0.4, -0.2) is 11.6 Å². The molecule has 4 heteroatoms. The van der Waals surface area contributed by atoms with Gasteiger partial charge in [0.25, 0.3) is 0 Å². The molecule has 1 aromatic carbocycles. The van der Waals surface area contributed by atoms with E-state index in [-0.39, 0.29) is 5.43 Å². The number of rotatable bonds is 9. The Morgan fingerprint density at radius 1 is 0.970 bits per heavy atom. The fourth-order valence-corrected chi connectivity index (χ4v) is 4.84. The van der Waals surface area contributed by atoms with Gasteiger partial charge >= 0.3 is 0 Å². The summed E-state index contributed by atoms with van der Waals surface area (Å²) < 4.78 is 7.05. The molecule has 1 aliphatic heterocycles. The molecule has 0 unspecified atom stereocenters. The molecule has 0 amide bonds. The molecule has 1 aromatic rings. The summed E-state index contributed by atoms with van der Waals surface area (Å²) in [5.41, 5.74) is 7.77. The topological polar surface area (TPSA) is 39.2 Å². The van der Waals surface area contributed by atoms with Crippen LogP contribution in [0.15, 0.2) is 64.0 Å². The fraction of sp³-hybridized carbons (Fsp3) is 0.379. The molecular weight excluding hydrogens is 426 g/mol. The number of benzene rings is 2. The zero-order valence-electron chi connectivity index (χ0n) is 20.7. The summed E-state index contributed by atoms with van der Waals surface area (Å²) in [6.07, 6.45) is 11.2. The molecule has 0 saturated carbocycles. The Morgan fingerprint density at radius 2 is 1.67 bits per heavy atom. The van der Waals surface area contributed by atoms with Gasteiger partial charge in [0.05, 0.1) is 20.8 Å². The first kappa shape index (κ1) is 24.9. The van der Waals surface area contributed by atoms with Gasteiger partial charge in [-0.15, -0.1) is 11.3 Å². The van der Waals surface area contributed by atoms with Crippen molar-refractivity contribution in [3.05, 3.63) is 80.6 Å². The summed E-state index contributed by atoms with van der Waals surface area (Å²) in [7, 11) is 0. The van der Waals surface area contributed by atoms with E-state index >= 15 is 0 Å². The second-order valence-corrected chi connectivity index (χ2v) is 10.2. The quantitative estimate of drug-likeness (QED) is 0.238. The predicted octanol–water partition coefficient (Wildman–Crippen LogP) is 8.18.